The van der Waals surface area contributed by atoms with E-state index in [4.69, 9.17) is 0 Å². The van der Waals surface area contributed by atoms with Gasteiger partial charge in [0.15, 0.2) is 0 Å². The third-order valence-electron chi connectivity index (χ3n) is 2.82. The molecule has 0 saturated heterocycles. The second-order valence-electron chi connectivity index (χ2n) is 3.96. The van der Waals surface area contributed by atoms with E-state index in [0.29, 0.717) is 0 Å². The normalized spacial score (nSPS) is 11.2. The summed E-state index contributed by atoms with van der Waals surface area (Å²) in [6, 6.07) is 10.3. The highest BCUT2D eigenvalue weighted by Gasteiger charge is 2.13. The molecule has 0 spiro atoms. The summed E-state index contributed by atoms with van der Waals surface area (Å²) in [5, 5.41) is 5.68. The molecule has 0 unspecified atom stereocenters. The van der Waals surface area contributed by atoms with E-state index >= 15 is 0 Å². The monoisotopic (exact) mass is 243 g/mol. The van der Waals surface area contributed by atoms with Crippen molar-refractivity contribution >= 4 is 16.3 Å². The average molecular weight is 243 g/mol. The van der Waals surface area contributed by atoms with Crippen LogP contribution in [0.5, 0.6) is 0 Å². The van der Waals surface area contributed by atoms with Crippen LogP contribution < -0.4 is 0 Å². The highest BCUT2D eigenvalue weighted by atomic mass is 32.1. The minimum absolute atomic E-state index is 0.966. The van der Waals surface area contributed by atoms with Gasteiger partial charge in [0.1, 0.15) is 5.01 Å². The van der Waals surface area contributed by atoms with Gasteiger partial charge in [-0.15, -0.1) is 0 Å². The summed E-state index contributed by atoms with van der Waals surface area (Å²) in [7, 11) is 0. The van der Waals surface area contributed by atoms with Gasteiger partial charge in [-0.2, -0.15) is 5.10 Å². The van der Waals surface area contributed by atoms with Crippen LogP contribution in [0.15, 0.2) is 30.3 Å². The van der Waals surface area contributed by atoms with Gasteiger partial charge in [-0.05, 0) is 13.3 Å². The molecule has 2 aromatic heterocycles. The van der Waals surface area contributed by atoms with Gasteiger partial charge in [0.2, 0.25) is 4.96 Å². The first-order valence-electron chi connectivity index (χ1n) is 5.70. The van der Waals surface area contributed by atoms with Gasteiger partial charge >= 0.3 is 0 Å². The molecule has 2 heterocycles. The summed E-state index contributed by atoms with van der Waals surface area (Å²) in [5.74, 6) is 0. The van der Waals surface area contributed by atoms with Crippen LogP contribution in [0.4, 0.5) is 0 Å². The molecule has 0 saturated carbocycles. The SMILES string of the molecule is CCc1nn2c(C)c(-c3ccccc3)nc2s1. The summed E-state index contributed by atoms with van der Waals surface area (Å²) >= 11 is 1.67. The fraction of sp³-hybridized carbons (Fsp3) is 0.231. The van der Waals surface area contributed by atoms with Crippen molar-refractivity contribution in [2.45, 2.75) is 20.3 Å². The van der Waals surface area contributed by atoms with Crippen molar-refractivity contribution in [3.05, 3.63) is 41.0 Å². The lowest BCUT2D eigenvalue weighted by atomic mass is 10.1. The van der Waals surface area contributed by atoms with E-state index in [2.05, 4.69) is 36.1 Å². The number of benzene rings is 1. The number of aromatic nitrogens is 3. The average Bonchev–Trinajstić information content (AvgIpc) is 2.90. The molecule has 17 heavy (non-hydrogen) atoms. The molecule has 3 aromatic rings. The third kappa shape index (κ3) is 1.65. The van der Waals surface area contributed by atoms with Crippen LogP contribution in [-0.2, 0) is 6.42 Å². The van der Waals surface area contributed by atoms with E-state index in [1.54, 1.807) is 11.3 Å². The zero-order chi connectivity index (χ0) is 11.8. The molecule has 0 bridgehead atoms. The number of rotatable bonds is 2. The molecule has 0 atom stereocenters. The van der Waals surface area contributed by atoms with Crippen LogP contribution in [0.25, 0.3) is 16.2 Å². The third-order valence-corrected chi connectivity index (χ3v) is 3.87. The molecule has 0 aliphatic carbocycles. The van der Waals surface area contributed by atoms with Crippen molar-refractivity contribution in [3.63, 3.8) is 0 Å². The van der Waals surface area contributed by atoms with Crippen molar-refractivity contribution in [2.24, 2.45) is 0 Å². The molecule has 86 valence electrons. The molecule has 4 heteroatoms. The van der Waals surface area contributed by atoms with Crippen molar-refractivity contribution in [3.8, 4) is 11.3 Å². The minimum Gasteiger partial charge on any atom is -0.217 e. The summed E-state index contributed by atoms with van der Waals surface area (Å²) in [4.78, 5) is 5.65. The van der Waals surface area contributed by atoms with E-state index in [1.165, 1.54) is 0 Å². The molecule has 0 radical (unpaired) electrons. The highest BCUT2D eigenvalue weighted by Crippen LogP contribution is 2.26. The first-order valence-corrected chi connectivity index (χ1v) is 6.51. The maximum absolute atomic E-state index is 4.67. The van der Waals surface area contributed by atoms with Crippen molar-refractivity contribution in [1.29, 1.82) is 0 Å². The van der Waals surface area contributed by atoms with Crippen LogP contribution in [-0.4, -0.2) is 14.6 Å². The molecule has 1 aromatic carbocycles. The van der Waals surface area contributed by atoms with Crippen LogP contribution >= 0.6 is 11.3 Å². The lowest BCUT2D eigenvalue weighted by molar-refractivity contribution is 0.882. The Hall–Kier alpha value is -1.68. The molecule has 0 amide bonds. The summed E-state index contributed by atoms with van der Waals surface area (Å²) in [6.07, 6.45) is 0.966. The first-order chi connectivity index (χ1) is 8.29. The van der Waals surface area contributed by atoms with Gasteiger partial charge in [-0.3, -0.25) is 0 Å². The Kier molecular flexibility index (Phi) is 2.44. The Morgan fingerprint density at radius 3 is 2.65 bits per heavy atom. The van der Waals surface area contributed by atoms with Gasteiger partial charge in [-0.25, -0.2) is 9.50 Å². The van der Waals surface area contributed by atoms with Crippen LogP contribution in [0, 0.1) is 6.92 Å². The Labute approximate surface area is 104 Å². The number of aryl methyl sites for hydroxylation is 2. The number of fused-ring (bicyclic) bond motifs is 1. The summed E-state index contributed by atoms with van der Waals surface area (Å²) in [6.45, 7) is 4.19. The first kappa shape index (κ1) is 10.5. The zero-order valence-electron chi connectivity index (χ0n) is 9.84. The fourth-order valence-electron chi connectivity index (χ4n) is 1.90. The Bertz CT molecular complexity index is 652. The summed E-state index contributed by atoms with van der Waals surface area (Å²) in [5.41, 5.74) is 3.30. The number of nitrogens with zero attached hydrogens (tertiary/aromatic N) is 3. The fourth-order valence-corrected chi connectivity index (χ4v) is 2.78. The van der Waals surface area contributed by atoms with Gasteiger partial charge in [0.25, 0.3) is 0 Å². The van der Waals surface area contributed by atoms with Crippen molar-refractivity contribution in [2.75, 3.05) is 0 Å². The molecule has 3 rings (SSSR count). The van der Waals surface area contributed by atoms with Crippen LogP contribution in [0.1, 0.15) is 17.6 Å². The largest absolute Gasteiger partial charge is 0.217 e. The lowest BCUT2D eigenvalue weighted by Crippen LogP contribution is -1.90. The second-order valence-corrected chi connectivity index (χ2v) is 5.00. The number of imidazole rings is 1. The van der Waals surface area contributed by atoms with Gasteiger partial charge in [0, 0.05) is 5.56 Å². The van der Waals surface area contributed by atoms with E-state index < -0.39 is 0 Å². The second kappa shape index (κ2) is 3.96. The highest BCUT2D eigenvalue weighted by molar-refractivity contribution is 7.16. The summed E-state index contributed by atoms with van der Waals surface area (Å²) < 4.78 is 1.95. The smallest absolute Gasteiger partial charge is 0.212 e. The molecular weight excluding hydrogens is 230 g/mol. The Balaban J connectivity index is 2.19. The predicted molar refractivity (Wildman–Crippen MR) is 70.4 cm³/mol. The molecule has 0 aliphatic heterocycles. The maximum Gasteiger partial charge on any atom is 0.212 e. The Morgan fingerprint density at radius 2 is 2.00 bits per heavy atom. The Morgan fingerprint density at radius 1 is 1.24 bits per heavy atom. The molecule has 0 fully saturated rings. The lowest BCUT2D eigenvalue weighted by Gasteiger charge is -1.97. The standard InChI is InChI=1S/C13H13N3S/c1-3-11-15-16-9(2)12(14-13(16)17-11)10-7-5-4-6-8-10/h4-8H,3H2,1-2H3. The topological polar surface area (TPSA) is 30.2 Å². The van der Waals surface area contributed by atoms with Crippen LogP contribution in [0.3, 0.4) is 0 Å². The number of hydrogen-bond donors (Lipinski definition) is 0. The molecule has 3 nitrogen and oxygen atoms in total. The number of hydrogen-bond acceptors (Lipinski definition) is 3. The van der Waals surface area contributed by atoms with Gasteiger partial charge in [-0.1, -0.05) is 48.6 Å². The van der Waals surface area contributed by atoms with Gasteiger partial charge < -0.3 is 0 Å². The zero-order valence-corrected chi connectivity index (χ0v) is 10.7. The molecule has 0 aliphatic rings. The van der Waals surface area contributed by atoms with E-state index in [0.717, 1.165) is 33.3 Å². The molecular formula is C13H13N3S. The minimum atomic E-state index is 0.966. The maximum atomic E-state index is 4.67. The van der Waals surface area contributed by atoms with Crippen molar-refractivity contribution < 1.29 is 0 Å². The van der Waals surface area contributed by atoms with Crippen molar-refractivity contribution in [1.82, 2.24) is 14.6 Å². The predicted octanol–water partition coefficient (Wildman–Crippen LogP) is 3.33. The van der Waals surface area contributed by atoms with Crippen LogP contribution in [0.2, 0.25) is 0 Å². The molecule has 0 N–H and O–H groups in total. The van der Waals surface area contributed by atoms with E-state index in [1.807, 2.05) is 22.7 Å². The quantitative estimate of drug-likeness (QED) is 0.691. The van der Waals surface area contributed by atoms with E-state index in [-0.39, 0.29) is 0 Å². The van der Waals surface area contributed by atoms with Gasteiger partial charge in [0.05, 0.1) is 11.4 Å². The van der Waals surface area contributed by atoms with E-state index in [9.17, 15) is 0 Å².